The number of rotatable bonds is 4. The van der Waals surface area contributed by atoms with Crippen molar-refractivity contribution in [3.8, 4) is 0 Å². The van der Waals surface area contributed by atoms with Crippen LogP contribution in [0.4, 0.5) is 5.82 Å². The van der Waals surface area contributed by atoms with Gasteiger partial charge in [0.1, 0.15) is 5.82 Å². The zero-order valence-electron chi connectivity index (χ0n) is 11.4. The Bertz CT molecular complexity index is 480. The van der Waals surface area contributed by atoms with Gasteiger partial charge in [0.2, 0.25) is 6.41 Å². The molecule has 0 unspecified atom stereocenters. The number of amides is 1. The van der Waals surface area contributed by atoms with Crippen LogP contribution in [-0.4, -0.2) is 48.3 Å². The van der Waals surface area contributed by atoms with E-state index in [1.165, 1.54) is 0 Å². The Morgan fingerprint density at radius 1 is 1.37 bits per heavy atom. The third-order valence-electron chi connectivity index (χ3n) is 3.51. The molecular formula is C14H19N3O2. The van der Waals surface area contributed by atoms with Gasteiger partial charge >= 0.3 is 0 Å². The fourth-order valence-corrected chi connectivity index (χ4v) is 2.25. The SMILES string of the molecule is CCC(=O)c1cnc(N2CCN(C=O)CC2)cc1C. The van der Waals surface area contributed by atoms with E-state index >= 15 is 0 Å². The van der Waals surface area contributed by atoms with Crippen molar-refractivity contribution in [2.45, 2.75) is 20.3 Å². The van der Waals surface area contributed by atoms with Gasteiger partial charge in [-0.3, -0.25) is 9.59 Å². The maximum atomic E-state index is 11.7. The number of carbonyl (C=O) groups is 2. The zero-order valence-corrected chi connectivity index (χ0v) is 11.4. The van der Waals surface area contributed by atoms with E-state index in [9.17, 15) is 9.59 Å². The average molecular weight is 261 g/mol. The average Bonchev–Trinajstić information content (AvgIpc) is 2.46. The highest BCUT2D eigenvalue weighted by Gasteiger charge is 2.18. The number of aryl methyl sites for hydroxylation is 1. The van der Waals surface area contributed by atoms with Crippen molar-refractivity contribution in [3.63, 3.8) is 0 Å². The molecule has 2 heterocycles. The smallest absolute Gasteiger partial charge is 0.209 e. The molecule has 0 aromatic carbocycles. The van der Waals surface area contributed by atoms with Crippen molar-refractivity contribution in [1.82, 2.24) is 9.88 Å². The molecule has 1 fully saturated rings. The molecule has 1 amide bonds. The first-order valence-electron chi connectivity index (χ1n) is 6.60. The van der Waals surface area contributed by atoms with Gasteiger partial charge in [0.15, 0.2) is 5.78 Å². The standard InChI is InChI=1S/C14H19N3O2/c1-3-13(19)12-9-15-14(8-11(12)2)17-6-4-16(10-18)5-7-17/h8-10H,3-7H2,1-2H3. The van der Waals surface area contributed by atoms with Crippen molar-refractivity contribution >= 4 is 18.0 Å². The maximum absolute atomic E-state index is 11.7. The largest absolute Gasteiger partial charge is 0.353 e. The second kappa shape index (κ2) is 5.82. The van der Waals surface area contributed by atoms with E-state index in [2.05, 4.69) is 9.88 Å². The highest BCUT2D eigenvalue weighted by molar-refractivity contribution is 5.97. The summed E-state index contributed by atoms with van der Waals surface area (Å²) >= 11 is 0. The summed E-state index contributed by atoms with van der Waals surface area (Å²) < 4.78 is 0. The Morgan fingerprint density at radius 3 is 2.58 bits per heavy atom. The Hall–Kier alpha value is -1.91. The molecule has 1 saturated heterocycles. The van der Waals surface area contributed by atoms with Crippen LogP contribution in [0.25, 0.3) is 0 Å². The number of carbonyl (C=O) groups excluding carboxylic acids is 2. The molecule has 102 valence electrons. The number of ketones is 1. The van der Waals surface area contributed by atoms with Crippen LogP contribution in [0.1, 0.15) is 29.3 Å². The van der Waals surface area contributed by atoms with Crippen molar-refractivity contribution in [2.75, 3.05) is 31.1 Å². The van der Waals surface area contributed by atoms with Crippen LogP contribution in [0.2, 0.25) is 0 Å². The third-order valence-corrected chi connectivity index (χ3v) is 3.51. The molecule has 19 heavy (non-hydrogen) atoms. The predicted molar refractivity (Wildman–Crippen MR) is 73.4 cm³/mol. The van der Waals surface area contributed by atoms with Gasteiger partial charge in [-0.25, -0.2) is 4.98 Å². The lowest BCUT2D eigenvalue weighted by molar-refractivity contribution is -0.118. The van der Waals surface area contributed by atoms with Gasteiger partial charge in [-0.1, -0.05) is 6.92 Å². The van der Waals surface area contributed by atoms with Crippen LogP contribution < -0.4 is 4.90 Å². The summed E-state index contributed by atoms with van der Waals surface area (Å²) in [6, 6.07) is 1.96. The quantitative estimate of drug-likeness (QED) is 0.605. The topological polar surface area (TPSA) is 53.5 Å². The van der Waals surface area contributed by atoms with Crippen LogP contribution in [0.3, 0.4) is 0 Å². The van der Waals surface area contributed by atoms with E-state index in [1.807, 2.05) is 19.9 Å². The summed E-state index contributed by atoms with van der Waals surface area (Å²) in [5.74, 6) is 1.01. The van der Waals surface area contributed by atoms with Crippen molar-refractivity contribution < 1.29 is 9.59 Å². The second-order valence-electron chi connectivity index (χ2n) is 4.76. The molecule has 0 spiro atoms. The zero-order chi connectivity index (χ0) is 13.8. The Morgan fingerprint density at radius 2 is 2.05 bits per heavy atom. The summed E-state index contributed by atoms with van der Waals surface area (Å²) in [7, 11) is 0. The van der Waals surface area contributed by atoms with Gasteiger partial charge in [-0.15, -0.1) is 0 Å². The first-order chi connectivity index (χ1) is 9.15. The number of Topliss-reactive ketones (excluding diaryl/α,β-unsaturated/α-hetero) is 1. The molecule has 5 nitrogen and oxygen atoms in total. The van der Waals surface area contributed by atoms with E-state index in [-0.39, 0.29) is 5.78 Å². The number of anilines is 1. The Kier molecular flexibility index (Phi) is 4.14. The fraction of sp³-hybridized carbons (Fsp3) is 0.500. The van der Waals surface area contributed by atoms with Gasteiger partial charge in [0.05, 0.1) is 0 Å². The third kappa shape index (κ3) is 2.92. The number of pyridine rings is 1. The van der Waals surface area contributed by atoms with Crippen LogP contribution in [0, 0.1) is 6.92 Å². The number of aromatic nitrogens is 1. The minimum atomic E-state index is 0.127. The molecular weight excluding hydrogens is 242 g/mol. The summed E-state index contributed by atoms with van der Waals surface area (Å²) in [5, 5.41) is 0. The molecule has 0 N–H and O–H groups in total. The normalized spacial score (nSPS) is 15.5. The molecule has 1 aliphatic rings. The van der Waals surface area contributed by atoms with E-state index in [0.717, 1.165) is 44.0 Å². The van der Waals surface area contributed by atoms with Gasteiger partial charge < -0.3 is 9.80 Å². The van der Waals surface area contributed by atoms with Crippen LogP contribution in [0.5, 0.6) is 0 Å². The number of hydrogen-bond donors (Lipinski definition) is 0. The van der Waals surface area contributed by atoms with E-state index in [1.54, 1.807) is 11.1 Å². The lowest BCUT2D eigenvalue weighted by Crippen LogP contribution is -2.46. The molecule has 0 aliphatic carbocycles. The molecule has 0 saturated carbocycles. The Labute approximate surface area is 113 Å². The molecule has 0 radical (unpaired) electrons. The highest BCUT2D eigenvalue weighted by Crippen LogP contribution is 2.18. The molecule has 1 aliphatic heterocycles. The van der Waals surface area contributed by atoms with E-state index in [0.29, 0.717) is 12.0 Å². The van der Waals surface area contributed by atoms with Crippen LogP contribution in [-0.2, 0) is 4.79 Å². The summed E-state index contributed by atoms with van der Waals surface area (Å²) in [6.45, 7) is 6.81. The first-order valence-corrected chi connectivity index (χ1v) is 6.60. The monoisotopic (exact) mass is 261 g/mol. The number of hydrogen-bond acceptors (Lipinski definition) is 4. The molecule has 1 aromatic heterocycles. The molecule has 1 aromatic rings. The fourth-order valence-electron chi connectivity index (χ4n) is 2.25. The lowest BCUT2D eigenvalue weighted by atomic mass is 10.1. The maximum Gasteiger partial charge on any atom is 0.209 e. The number of nitrogens with zero attached hydrogens (tertiary/aromatic N) is 3. The number of piperazine rings is 1. The summed E-state index contributed by atoms with van der Waals surface area (Å²) in [4.78, 5) is 30.7. The minimum Gasteiger partial charge on any atom is -0.353 e. The summed E-state index contributed by atoms with van der Waals surface area (Å²) in [5.41, 5.74) is 1.67. The lowest BCUT2D eigenvalue weighted by Gasteiger charge is -2.33. The Balaban J connectivity index is 2.12. The van der Waals surface area contributed by atoms with Crippen LogP contribution >= 0.6 is 0 Å². The van der Waals surface area contributed by atoms with Crippen LogP contribution in [0.15, 0.2) is 12.3 Å². The van der Waals surface area contributed by atoms with Gasteiger partial charge in [0, 0.05) is 44.4 Å². The molecule has 5 heteroatoms. The van der Waals surface area contributed by atoms with Crippen molar-refractivity contribution in [1.29, 1.82) is 0 Å². The van der Waals surface area contributed by atoms with Crippen molar-refractivity contribution in [3.05, 3.63) is 23.4 Å². The predicted octanol–water partition coefficient (Wildman–Crippen LogP) is 1.26. The molecule has 2 rings (SSSR count). The van der Waals surface area contributed by atoms with E-state index < -0.39 is 0 Å². The van der Waals surface area contributed by atoms with Crippen molar-refractivity contribution in [2.24, 2.45) is 0 Å². The highest BCUT2D eigenvalue weighted by atomic mass is 16.1. The molecule has 0 bridgehead atoms. The minimum absolute atomic E-state index is 0.127. The first kappa shape index (κ1) is 13.5. The van der Waals surface area contributed by atoms with Gasteiger partial charge in [-0.2, -0.15) is 0 Å². The van der Waals surface area contributed by atoms with Gasteiger partial charge in [0.25, 0.3) is 0 Å². The summed E-state index contributed by atoms with van der Waals surface area (Å²) in [6.07, 6.45) is 3.06. The van der Waals surface area contributed by atoms with E-state index in [4.69, 9.17) is 0 Å². The molecule has 0 atom stereocenters. The van der Waals surface area contributed by atoms with Gasteiger partial charge in [-0.05, 0) is 18.6 Å². The second-order valence-corrected chi connectivity index (χ2v) is 4.76.